The molecule has 0 amide bonds. The first kappa shape index (κ1) is 11.5. The van der Waals surface area contributed by atoms with Crippen molar-refractivity contribution in [2.45, 2.75) is 44.9 Å². The van der Waals surface area contributed by atoms with E-state index in [9.17, 15) is 4.79 Å². The third-order valence-electron chi connectivity index (χ3n) is 2.96. The fourth-order valence-electron chi connectivity index (χ4n) is 2.06. The molecule has 1 heterocycles. The molecule has 14 heavy (non-hydrogen) atoms. The highest BCUT2D eigenvalue weighted by molar-refractivity contribution is 5.66. The van der Waals surface area contributed by atoms with Crippen molar-refractivity contribution < 1.29 is 9.90 Å². The van der Waals surface area contributed by atoms with Crippen molar-refractivity contribution in [2.75, 3.05) is 13.1 Å². The van der Waals surface area contributed by atoms with E-state index in [0.717, 1.165) is 18.8 Å². The van der Waals surface area contributed by atoms with Crippen LogP contribution in [0.25, 0.3) is 0 Å². The van der Waals surface area contributed by atoms with Gasteiger partial charge in [-0.05, 0) is 38.3 Å². The molecular weight excluding hydrogens is 178 g/mol. The number of nitrogens with one attached hydrogen (secondary N) is 1. The first-order valence-corrected chi connectivity index (χ1v) is 5.71. The van der Waals surface area contributed by atoms with Crippen LogP contribution in [0.15, 0.2) is 0 Å². The van der Waals surface area contributed by atoms with E-state index in [1.807, 2.05) is 0 Å². The first-order valence-electron chi connectivity index (χ1n) is 5.71. The number of aliphatic carboxylic acids is 1. The van der Waals surface area contributed by atoms with Gasteiger partial charge in [0.1, 0.15) is 0 Å². The molecule has 3 heteroatoms. The number of carboxylic acids is 1. The Morgan fingerprint density at radius 2 is 1.93 bits per heavy atom. The molecule has 0 atom stereocenters. The van der Waals surface area contributed by atoms with Crippen LogP contribution in [0.3, 0.4) is 0 Å². The SMILES string of the molecule is O=C(O)CCCCCC1CCNCC1. The number of carboxylic acid groups (broad SMARTS) is 1. The topological polar surface area (TPSA) is 49.3 Å². The molecule has 1 fully saturated rings. The van der Waals surface area contributed by atoms with Gasteiger partial charge >= 0.3 is 5.97 Å². The lowest BCUT2D eigenvalue weighted by molar-refractivity contribution is -0.137. The first-order chi connectivity index (χ1) is 6.79. The van der Waals surface area contributed by atoms with E-state index in [1.54, 1.807) is 0 Å². The van der Waals surface area contributed by atoms with Crippen molar-refractivity contribution in [1.29, 1.82) is 0 Å². The van der Waals surface area contributed by atoms with Gasteiger partial charge in [0, 0.05) is 6.42 Å². The molecular formula is C11H21NO2. The van der Waals surface area contributed by atoms with Crippen molar-refractivity contribution in [3.63, 3.8) is 0 Å². The average molecular weight is 199 g/mol. The maximum Gasteiger partial charge on any atom is 0.303 e. The molecule has 0 aromatic heterocycles. The monoisotopic (exact) mass is 199 g/mol. The van der Waals surface area contributed by atoms with Crippen LogP contribution in [0, 0.1) is 5.92 Å². The van der Waals surface area contributed by atoms with Gasteiger partial charge in [0.05, 0.1) is 0 Å². The van der Waals surface area contributed by atoms with E-state index in [0.29, 0.717) is 6.42 Å². The van der Waals surface area contributed by atoms with Gasteiger partial charge in [0.2, 0.25) is 0 Å². The molecule has 1 saturated heterocycles. The Morgan fingerprint density at radius 3 is 2.57 bits per heavy atom. The lowest BCUT2D eigenvalue weighted by Crippen LogP contribution is -2.27. The Bertz CT molecular complexity index is 165. The smallest absolute Gasteiger partial charge is 0.303 e. The molecule has 3 nitrogen and oxygen atoms in total. The summed E-state index contributed by atoms with van der Waals surface area (Å²) in [6, 6.07) is 0. The zero-order valence-electron chi connectivity index (χ0n) is 8.80. The highest BCUT2D eigenvalue weighted by atomic mass is 16.4. The highest BCUT2D eigenvalue weighted by Gasteiger charge is 2.11. The van der Waals surface area contributed by atoms with Crippen LogP contribution in [0.5, 0.6) is 0 Å². The molecule has 0 radical (unpaired) electrons. The minimum Gasteiger partial charge on any atom is -0.481 e. The molecule has 2 N–H and O–H groups in total. The van der Waals surface area contributed by atoms with Gasteiger partial charge in [-0.25, -0.2) is 0 Å². The molecule has 0 unspecified atom stereocenters. The summed E-state index contributed by atoms with van der Waals surface area (Å²) in [6.07, 6.45) is 7.37. The summed E-state index contributed by atoms with van der Waals surface area (Å²) in [7, 11) is 0. The number of carbonyl (C=O) groups is 1. The Kier molecular flexibility index (Phi) is 5.60. The second-order valence-corrected chi connectivity index (χ2v) is 4.19. The second kappa shape index (κ2) is 6.82. The van der Waals surface area contributed by atoms with Crippen LogP contribution in [0.1, 0.15) is 44.9 Å². The summed E-state index contributed by atoms with van der Waals surface area (Å²) < 4.78 is 0. The minimum atomic E-state index is -0.660. The molecule has 1 rings (SSSR count). The molecule has 0 spiro atoms. The van der Waals surface area contributed by atoms with Gasteiger partial charge in [-0.3, -0.25) is 4.79 Å². The van der Waals surface area contributed by atoms with Gasteiger partial charge in [0.15, 0.2) is 0 Å². The maximum absolute atomic E-state index is 10.3. The zero-order valence-corrected chi connectivity index (χ0v) is 8.80. The molecule has 0 aromatic carbocycles. The Morgan fingerprint density at radius 1 is 1.21 bits per heavy atom. The van der Waals surface area contributed by atoms with Gasteiger partial charge < -0.3 is 10.4 Å². The van der Waals surface area contributed by atoms with Crippen molar-refractivity contribution >= 4 is 5.97 Å². The lowest BCUT2D eigenvalue weighted by atomic mass is 9.92. The molecule has 1 aliphatic heterocycles. The normalized spacial score (nSPS) is 18.3. The van der Waals surface area contributed by atoms with Gasteiger partial charge in [-0.1, -0.05) is 19.3 Å². The van der Waals surface area contributed by atoms with Crippen molar-refractivity contribution in [1.82, 2.24) is 5.32 Å². The van der Waals surface area contributed by atoms with Crippen LogP contribution in [-0.4, -0.2) is 24.2 Å². The Hall–Kier alpha value is -0.570. The third-order valence-corrected chi connectivity index (χ3v) is 2.96. The number of hydrogen-bond donors (Lipinski definition) is 2. The third kappa shape index (κ3) is 5.22. The summed E-state index contributed by atoms with van der Waals surface area (Å²) in [5, 5.41) is 11.8. The molecule has 1 aliphatic rings. The standard InChI is InChI=1S/C11H21NO2/c13-11(14)5-3-1-2-4-10-6-8-12-9-7-10/h10,12H,1-9H2,(H,13,14). The average Bonchev–Trinajstić information content (AvgIpc) is 2.18. The van der Waals surface area contributed by atoms with Crippen molar-refractivity contribution in [2.24, 2.45) is 5.92 Å². The Labute approximate surface area is 85.9 Å². The van der Waals surface area contributed by atoms with Crippen LogP contribution in [0.4, 0.5) is 0 Å². The van der Waals surface area contributed by atoms with Crippen LogP contribution in [0.2, 0.25) is 0 Å². The van der Waals surface area contributed by atoms with Crippen LogP contribution in [-0.2, 0) is 4.79 Å². The maximum atomic E-state index is 10.3. The van der Waals surface area contributed by atoms with Crippen LogP contribution >= 0.6 is 0 Å². The summed E-state index contributed by atoms with van der Waals surface area (Å²) >= 11 is 0. The fourth-order valence-corrected chi connectivity index (χ4v) is 2.06. The van der Waals surface area contributed by atoms with Gasteiger partial charge in [0.25, 0.3) is 0 Å². The predicted octanol–water partition coefficient (Wildman–Crippen LogP) is 2.02. The van der Waals surface area contributed by atoms with E-state index in [1.165, 1.54) is 38.8 Å². The minimum absolute atomic E-state index is 0.340. The summed E-state index contributed by atoms with van der Waals surface area (Å²) in [5.74, 6) is 0.230. The fraction of sp³-hybridized carbons (Fsp3) is 0.909. The van der Waals surface area contributed by atoms with Gasteiger partial charge in [-0.15, -0.1) is 0 Å². The van der Waals surface area contributed by atoms with E-state index in [2.05, 4.69) is 5.32 Å². The van der Waals surface area contributed by atoms with Crippen LogP contribution < -0.4 is 5.32 Å². The van der Waals surface area contributed by atoms with Crippen molar-refractivity contribution in [3.8, 4) is 0 Å². The number of unbranched alkanes of at least 4 members (excludes halogenated alkanes) is 2. The number of rotatable bonds is 6. The Balaban J connectivity index is 1.90. The quantitative estimate of drug-likeness (QED) is 0.643. The summed E-state index contributed by atoms with van der Waals surface area (Å²) in [6.45, 7) is 2.33. The molecule has 82 valence electrons. The summed E-state index contributed by atoms with van der Waals surface area (Å²) in [4.78, 5) is 10.3. The van der Waals surface area contributed by atoms with E-state index in [4.69, 9.17) is 5.11 Å². The van der Waals surface area contributed by atoms with E-state index in [-0.39, 0.29) is 0 Å². The number of hydrogen-bond acceptors (Lipinski definition) is 2. The molecule has 0 aliphatic carbocycles. The van der Waals surface area contributed by atoms with E-state index >= 15 is 0 Å². The largest absolute Gasteiger partial charge is 0.481 e. The van der Waals surface area contributed by atoms with E-state index < -0.39 is 5.97 Å². The molecule has 0 saturated carbocycles. The molecule has 0 aromatic rings. The lowest BCUT2D eigenvalue weighted by Gasteiger charge is -2.22. The zero-order chi connectivity index (χ0) is 10.2. The second-order valence-electron chi connectivity index (χ2n) is 4.19. The highest BCUT2D eigenvalue weighted by Crippen LogP contribution is 2.19. The predicted molar refractivity (Wildman–Crippen MR) is 56.3 cm³/mol. The number of piperidine rings is 1. The summed E-state index contributed by atoms with van der Waals surface area (Å²) in [5.41, 5.74) is 0. The van der Waals surface area contributed by atoms with Crippen molar-refractivity contribution in [3.05, 3.63) is 0 Å². The van der Waals surface area contributed by atoms with Gasteiger partial charge in [-0.2, -0.15) is 0 Å². The molecule has 0 bridgehead atoms.